The molecule has 0 radical (unpaired) electrons. The Morgan fingerprint density at radius 2 is 1.68 bits per heavy atom. The summed E-state index contributed by atoms with van der Waals surface area (Å²) < 4.78 is 9.23. The molecule has 0 bridgehead atoms. The highest BCUT2D eigenvalue weighted by atomic mass is 16.6. The first-order chi connectivity index (χ1) is 8.93. The van der Waals surface area contributed by atoms with E-state index in [1.165, 1.54) is 31.4 Å². The normalized spacial score (nSPS) is 10.1. The van der Waals surface area contributed by atoms with Crippen molar-refractivity contribution in [3.05, 3.63) is 35.4 Å². The number of rotatable bonds is 4. The van der Waals surface area contributed by atoms with Crippen LogP contribution in [0.15, 0.2) is 24.3 Å². The summed E-state index contributed by atoms with van der Waals surface area (Å²) in [7, 11) is 1.25. The van der Waals surface area contributed by atoms with E-state index >= 15 is 0 Å². The van der Waals surface area contributed by atoms with Crippen LogP contribution in [0.1, 0.15) is 41.0 Å². The molecular weight excluding hydrogens is 248 g/mol. The third kappa shape index (κ3) is 4.54. The SMILES string of the molecule is COC(=O)c1cccc(C(=O)OC(=O)CC(C)C)c1. The van der Waals surface area contributed by atoms with Gasteiger partial charge in [-0.25, -0.2) is 9.59 Å². The van der Waals surface area contributed by atoms with Crippen LogP contribution in [0.2, 0.25) is 0 Å². The Kier molecular flexibility index (Phi) is 5.23. The minimum absolute atomic E-state index is 0.113. The molecule has 0 aromatic heterocycles. The molecular formula is C14H16O5. The summed E-state index contributed by atoms with van der Waals surface area (Å²) in [5.74, 6) is -1.79. The van der Waals surface area contributed by atoms with Crippen molar-refractivity contribution in [2.45, 2.75) is 20.3 Å². The number of ether oxygens (including phenoxy) is 2. The summed E-state index contributed by atoms with van der Waals surface area (Å²) in [4.78, 5) is 34.4. The molecule has 5 heteroatoms. The smallest absolute Gasteiger partial charge is 0.345 e. The van der Waals surface area contributed by atoms with Crippen molar-refractivity contribution >= 4 is 17.9 Å². The van der Waals surface area contributed by atoms with E-state index in [4.69, 9.17) is 0 Å². The molecule has 0 unspecified atom stereocenters. The first kappa shape index (κ1) is 14.9. The molecule has 0 saturated carbocycles. The van der Waals surface area contributed by atoms with Crippen LogP contribution in [0.5, 0.6) is 0 Å². The Bertz CT molecular complexity index is 490. The number of methoxy groups -OCH3 is 1. The van der Waals surface area contributed by atoms with Crippen molar-refractivity contribution in [2.24, 2.45) is 5.92 Å². The molecule has 1 aromatic carbocycles. The second-order valence-corrected chi connectivity index (χ2v) is 4.43. The maximum absolute atomic E-state index is 11.7. The summed E-state index contributed by atoms with van der Waals surface area (Å²) in [5, 5.41) is 0. The third-order valence-corrected chi connectivity index (χ3v) is 2.30. The molecule has 0 amide bonds. The van der Waals surface area contributed by atoms with Gasteiger partial charge in [-0.05, 0) is 24.1 Å². The van der Waals surface area contributed by atoms with E-state index in [0.29, 0.717) is 0 Å². The number of hydrogen-bond acceptors (Lipinski definition) is 5. The molecule has 0 heterocycles. The van der Waals surface area contributed by atoms with Gasteiger partial charge in [0, 0.05) is 6.42 Å². The van der Waals surface area contributed by atoms with Gasteiger partial charge in [-0.15, -0.1) is 0 Å². The predicted octanol–water partition coefficient (Wildman–Crippen LogP) is 2.20. The second-order valence-electron chi connectivity index (χ2n) is 4.43. The molecule has 1 aromatic rings. The van der Waals surface area contributed by atoms with Crippen molar-refractivity contribution in [3.8, 4) is 0 Å². The van der Waals surface area contributed by atoms with Gasteiger partial charge in [0.25, 0.3) is 0 Å². The third-order valence-electron chi connectivity index (χ3n) is 2.30. The number of hydrogen-bond donors (Lipinski definition) is 0. The van der Waals surface area contributed by atoms with E-state index in [1.807, 2.05) is 13.8 Å². The number of carbonyl (C=O) groups is 3. The van der Waals surface area contributed by atoms with E-state index in [-0.39, 0.29) is 23.5 Å². The number of carbonyl (C=O) groups excluding carboxylic acids is 3. The van der Waals surface area contributed by atoms with Crippen LogP contribution in [0.3, 0.4) is 0 Å². The molecule has 0 N–H and O–H groups in total. The maximum atomic E-state index is 11.7. The fourth-order valence-corrected chi connectivity index (χ4v) is 1.43. The number of esters is 3. The van der Waals surface area contributed by atoms with Gasteiger partial charge in [-0.3, -0.25) is 4.79 Å². The second kappa shape index (κ2) is 6.68. The fraction of sp³-hybridized carbons (Fsp3) is 0.357. The summed E-state index contributed by atoms with van der Waals surface area (Å²) in [5.41, 5.74) is 0.369. The van der Waals surface area contributed by atoms with Crippen molar-refractivity contribution in [2.75, 3.05) is 7.11 Å². The van der Waals surface area contributed by atoms with Crippen molar-refractivity contribution in [1.82, 2.24) is 0 Å². The van der Waals surface area contributed by atoms with Gasteiger partial charge in [0.05, 0.1) is 18.2 Å². The van der Waals surface area contributed by atoms with Crippen molar-refractivity contribution in [3.63, 3.8) is 0 Å². The Morgan fingerprint density at radius 1 is 1.11 bits per heavy atom. The summed E-state index contributed by atoms with van der Waals surface area (Å²) in [6.45, 7) is 3.70. The van der Waals surface area contributed by atoms with Gasteiger partial charge >= 0.3 is 17.9 Å². The molecule has 0 aliphatic heterocycles. The lowest BCUT2D eigenvalue weighted by atomic mass is 10.1. The summed E-state index contributed by atoms with van der Waals surface area (Å²) in [6.07, 6.45) is 0.169. The molecule has 19 heavy (non-hydrogen) atoms. The lowest BCUT2D eigenvalue weighted by molar-refractivity contribution is -0.138. The fourth-order valence-electron chi connectivity index (χ4n) is 1.43. The highest BCUT2D eigenvalue weighted by molar-refractivity contribution is 5.99. The monoisotopic (exact) mass is 264 g/mol. The van der Waals surface area contributed by atoms with Gasteiger partial charge in [0.2, 0.25) is 0 Å². The molecule has 0 saturated heterocycles. The average molecular weight is 264 g/mol. The van der Waals surface area contributed by atoms with Gasteiger partial charge in [0.15, 0.2) is 0 Å². The van der Waals surface area contributed by atoms with E-state index in [0.717, 1.165) is 0 Å². The van der Waals surface area contributed by atoms with Gasteiger partial charge in [-0.2, -0.15) is 0 Å². The van der Waals surface area contributed by atoms with Crippen molar-refractivity contribution < 1.29 is 23.9 Å². The maximum Gasteiger partial charge on any atom is 0.345 e. The Labute approximate surface area is 111 Å². The highest BCUT2D eigenvalue weighted by Crippen LogP contribution is 2.09. The van der Waals surface area contributed by atoms with Crippen LogP contribution in [0.25, 0.3) is 0 Å². The molecule has 0 spiro atoms. The topological polar surface area (TPSA) is 69.7 Å². The Morgan fingerprint density at radius 3 is 2.21 bits per heavy atom. The van der Waals surface area contributed by atoms with Crippen LogP contribution in [-0.2, 0) is 14.3 Å². The van der Waals surface area contributed by atoms with Crippen LogP contribution >= 0.6 is 0 Å². The zero-order valence-electron chi connectivity index (χ0n) is 11.1. The van der Waals surface area contributed by atoms with Gasteiger partial charge in [-0.1, -0.05) is 19.9 Å². The van der Waals surface area contributed by atoms with Crippen LogP contribution in [0.4, 0.5) is 0 Å². The molecule has 102 valence electrons. The molecule has 0 aliphatic carbocycles. The minimum Gasteiger partial charge on any atom is -0.465 e. The largest absolute Gasteiger partial charge is 0.465 e. The first-order valence-electron chi connectivity index (χ1n) is 5.87. The van der Waals surface area contributed by atoms with Crippen LogP contribution < -0.4 is 0 Å². The Balaban J connectivity index is 2.77. The van der Waals surface area contributed by atoms with E-state index < -0.39 is 17.9 Å². The highest BCUT2D eigenvalue weighted by Gasteiger charge is 2.16. The quantitative estimate of drug-likeness (QED) is 0.616. The van der Waals surface area contributed by atoms with Crippen LogP contribution in [-0.4, -0.2) is 25.0 Å². The lowest BCUT2D eigenvalue weighted by Gasteiger charge is -2.06. The standard InChI is InChI=1S/C14H16O5/c1-9(2)7-12(15)19-14(17)11-6-4-5-10(8-11)13(16)18-3/h4-6,8-9H,7H2,1-3H3. The summed E-state index contributed by atoms with van der Waals surface area (Å²) >= 11 is 0. The summed E-state index contributed by atoms with van der Waals surface area (Å²) in [6, 6.07) is 5.84. The first-order valence-corrected chi connectivity index (χ1v) is 5.87. The van der Waals surface area contributed by atoms with E-state index in [1.54, 1.807) is 0 Å². The molecule has 0 aliphatic rings. The van der Waals surface area contributed by atoms with E-state index in [9.17, 15) is 14.4 Å². The zero-order valence-corrected chi connectivity index (χ0v) is 11.1. The van der Waals surface area contributed by atoms with Gasteiger partial charge < -0.3 is 9.47 Å². The van der Waals surface area contributed by atoms with Crippen LogP contribution in [0, 0.1) is 5.92 Å². The van der Waals surface area contributed by atoms with Gasteiger partial charge in [0.1, 0.15) is 0 Å². The lowest BCUT2D eigenvalue weighted by Crippen LogP contribution is -2.15. The molecule has 0 fully saturated rings. The average Bonchev–Trinajstić information content (AvgIpc) is 2.36. The molecule has 1 rings (SSSR count). The molecule has 5 nitrogen and oxygen atoms in total. The predicted molar refractivity (Wildman–Crippen MR) is 67.7 cm³/mol. The van der Waals surface area contributed by atoms with Crippen molar-refractivity contribution in [1.29, 1.82) is 0 Å². The van der Waals surface area contributed by atoms with E-state index in [2.05, 4.69) is 9.47 Å². The zero-order chi connectivity index (χ0) is 14.4. The minimum atomic E-state index is -0.767. The number of benzene rings is 1. The molecule has 0 atom stereocenters. The Hall–Kier alpha value is -2.17.